The summed E-state index contributed by atoms with van der Waals surface area (Å²) in [5.74, 6) is -6.74. The molecule has 1 unspecified atom stereocenters. The van der Waals surface area contributed by atoms with Gasteiger partial charge in [-0.3, -0.25) is 33.7 Å². The van der Waals surface area contributed by atoms with Crippen LogP contribution in [0.4, 0.5) is 0 Å². The number of aliphatic carboxylic acids is 1. The van der Waals surface area contributed by atoms with Crippen molar-refractivity contribution in [1.29, 1.82) is 0 Å². The SMILES string of the molecule is [3H]C(CC(=O)O)C(=O)NCC(=O)NCCNC(=O)[C@]1(O)Cc2c(O)c3c(c(O)c2[C@@H](O[C@@H]2C[C@@H](C)[C@H]4O[C@@H]5[C@@H](OC)OCCN5[C@H]4C2)C1)C(=O)c1c(OC)cccc1C3=O. The van der Waals surface area contributed by atoms with E-state index in [2.05, 4.69) is 20.9 Å². The van der Waals surface area contributed by atoms with E-state index in [-0.39, 0.29) is 59.2 Å². The molecular formula is C40H48N4O15. The smallest absolute Gasteiger partial charge is 0.303 e. The largest absolute Gasteiger partial charge is 0.507 e. The summed E-state index contributed by atoms with van der Waals surface area (Å²) in [5, 5.41) is 52.0. The first-order chi connectivity index (χ1) is 28.6. The van der Waals surface area contributed by atoms with Crippen LogP contribution < -0.4 is 20.7 Å². The van der Waals surface area contributed by atoms with E-state index in [4.69, 9.17) is 30.2 Å². The molecule has 2 saturated heterocycles. The molecule has 7 N–H and O–H groups in total. The number of ether oxygens (including phenoxy) is 5. The number of hydrogen-bond donors (Lipinski definition) is 7. The molecular weight excluding hydrogens is 776 g/mol. The second-order valence-electron chi connectivity index (χ2n) is 15.4. The minimum Gasteiger partial charge on any atom is -0.507 e. The highest BCUT2D eigenvalue weighted by Gasteiger charge is 2.54. The zero-order chi connectivity index (χ0) is 43.2. The maximum atomic E-state index is 14.1. The van der Waals surface area contributed by atoms with Crippen LogP contribution in [0.2, 0.25) is 0 Å². The third-order valence-corrected chi connectivity index (χ3v) is 11.7. The Hall–Kier alpha value is -5.18. The van der Waals surface area contributed by atoms with E-state index in [1.165, 1.54) is 25.3 Å². The Kier molecular flexibility index (Phi) is 11.6. The summed E-state index contributed by atoms with van der Waals surface area (Å²) in [4.78, 5) is 79.1. The Labute approximate surface area is 339 Å². The number of rotatable bonds is 13. The van der Waals surface area contributed by atoms with Gasteiger partial charge in [-0.05, 0) is 24.8 Å². The fourth-order valence-corrected chi connectivity index (χ4v) is 9.03. The molecule has 2 aromatic rings. The Bertz CT molecular complexity index is 2100. The molecule has 3 aliphatic carbocycles. The molecule has 59 heavy (non-hydrogen) atoms. The quantitative estimate of drug-likeness (QED) is 0.0885. The second kappa shape index (κ2) is 16.8. The molecule has 3 amide bonds. The topological polar surface area (TPSA) is 269 Å². The van der Waals surface area contributed by atoms with Crippen molar-refractivity contribution in [2.75, 3.05) is 47.0 Å². The molecule has 7 rings (SSSR count). The van der Waals surface area contributed by atoms with Crippen LogP contribution in [0.15, 0.2) is 18.2 Å². The van der Waals surface area contributed by atoms with Crippen LogP contribution >= 0.6 is 0 Å². The average molecular weight is 827 g/mol. The molecule has 0 spiro atoms. The molecule has 19 nitrogen and oxygen atoms in total. The molecule has 0 bridgehead atoms. The summed E-state index contributed by atoms with van der Waals surface area (Å²) in [6.07, 6.45) is -5.49. The van der Waals surface area contributed by atoms with E-state index in [1.54, 1.807) is 7.11 Å². The van der Waals surface area contributed by atoms with Gasteiger partial charge in [-0.25, -0.2) is 0 Å². The molecule has 318 valence electrons. The van der Waals surface area contributed by atoms with E-state index in [9.17, 15) is 44.1 Å². The minimum absolute atomic E-state index is 0.0440. The zero-order valence-corrected chi connectivity index (χ0v) is 32.6. The third-order valence-electron chi connectivity index (χ3n) is 11.7. The number of carbonyl (C=O) groups excluding carboxylic acids is 5. The number of nitrogens with one attached hydrogen (secondary N) is 3. The molecule has 2 aromatic carbocycles. The number of carboxylic acid groups (broad SMARTS) is 1. The number of methoxy groups -OCH3 is 2. The Morgan fingerprint density at radius 2 is 1.75 bits per heavy atom. The number of nitrogens with zero attached hydrogens (tertiary/aromatic N) is 1. The van der Waals surface area contributed by atoms with Crippen molar-refractivity contribution in [2.24, 2.45) is 5.92 Å². The van der Waals surface area contributed by atoms with Crippen LogP contribution in [0.3, 0.4) is 0 Å². The van der Waals surface area contributed by atoms with Gasteiger partial charge in [0.15, 0.2) is 18.3 Å². The normalized spacial score (nSPS) is 29.1. The summed E-state index contributed by atoms with van der Waals surface area (Å²) in [6, 6.07) is 4.27. The molecule has 9 atom stereocenters. The first-order valence-electron chi connectivity index (χ1n) is 19.9. The van der Waals surface area contributed by atoms with Crippen molar-refractivity contribution >= 4 is 35.3 Å². The first-order valence-corrected chi connectivity index (χ1v) is 19.4. The van der Waals surface area contributed by atoms with Gasteiger partial charge in [0.05, 0.1) is 61.7 Å². The number of carbonyl (C=O) groups is 6. The molecule has 1 saturated carbocycles. The molecule has 0 aromatic heterocycles. The Morgan fingerprint density at radius 3 is 2.47 bits per heavy atom. The predicted octanol–water partition coefficient (Wildman–Crippen LogP) is 0.0269. The Balaban J connectivity index is 1.14. The van der Waals surface area contributed by atoms with Crippen LogP contribution in [0.5, 0.6) is 17.2 Å². The van der Waals surface area contributed by atoms with Crippen LogP contribution in [0.25, 0.3) is 0 Å². The fraction of sp³-hybridized carbons (Fsp3) is 0.550. The van der Waals surface area contributed by atoms with Gasteiger partial charge < -0.3 is 60.1 Å². The third kappa shape index (κ3) is 7.85. The number of morpholine rings is 1. The Morgan fingerprint density at radius 1 is 1.00 bits per heavy atom. The van der Waals surface area contributed by atoms with E-state index in [0.29, 0.717) is 26.0 Å². The highest BCUT2D eigenvalue weighted by molar-refractivity contribution is 6.31. The lowest BCUT2D eigenvalue weighted by molar-refractivity contribution is -0.245. The minimum atomic E-state index is -2.30. The molecule has 3 fully saturated rings. The van der Waals surface area contributed by atoms with Crippen molar-refractivity contribution in [1.82, 2.24) is 20.9 Å². The number of fused-ring (bicyclic) bond motifs is 6. The fourth-order valence-electron chi connectivity index (χ4n) is 9.03. The van der Waals surface area contributed by atoms with Crippen LogP contribution in [-0.4, -0.2) is 144 Å². The number of phenolic OH excluding ortho intramolecular Hbond substituents is 2. The average Bonchev–Trinajstić information content (AvgIpc) is 3.60. The van der Waals surface area contributed by atoms with Gasteiger partial charge in [0.25, 0.3) is 5.91 Å². The van der Waals surface area contributed by atoms with Crippen molar-refractivity contribution in [2.45, 2.75) is 87.9 Å². The van der Waals surface area contributed by atoms with E-state index in [1.807, 2.05) is 6.92 Å². The van der Waals surface area contributed by atoms with Crippen LogP contribution in [-0.2, 0) is 44.5 Å². The number of carboxylic acids is 1. The van der Waals surface area contributed by atoms with Crippen molar-refractivity contribution < 1.29 is 74.2 Å². The van der Waals surface area contributed by atoms with Crippen molar-refractivity contribution in [3.63, 3.8) is 0 Å². The van der Waals surface area contributed by atoms with E-state index < -0.39 is 120 Å². The molecule has 2 aliphatic heterocycles. The van der Waals surface area contributed by atoms with E-state index in [0.717, 1.165) is 0 Å². The number of phenols is 2. The summed E-state index contributed by atoms with van der Waals surface area (Å²) in [7, 11) is 2.87. The van der Waals surface area contributed by atoms with Gasteiger partial charge in [-0.15, -0.1) is 0 Å². The highest BCUT2D eigenvalue weighted by atomic mass is 16.7. The van der Waals surface area contributed by atoms with Gasteiger partial charge in [0.1, 0.15) is 22.8 Å². The van der Waals surface area contributed by atoms with Crippen molar-refractivity contribution in [3.8, 4) is 17.2 Å². The number of benzene rings is 2. The lowest BCUT2D eigenvalue weighted by Crippen LogP contribution is -2.54. The lowest BCUT2D eigenvalue weighted by atomic mass is 9.72. The van der Waals surface area contributed by atoms with Crippen LogP contribution in [0, 0.1) is 5.92 Å². The van der Waals surface area contributed by atoms with Crippen LogP contribution in [0.1, 0.15) is 89.4 Å². The highest BCUT2D eigenvalue weighted by Crippen LogP contribution is 2.53. The summed E-state index contributed by atoms with van der Waals surface area (Å²) in [6.45, 7) is 2.08. The van der Waals surface area contributed by atoms with Crippen molar-refractivity contribution in [3.05, 3.63) is 51.6 Å². The van der Waals surface area contributed by atoms with Gasteiger partial charge in [0.2, 0.25) is 17.6 Å². The standard InChI is InChI=1S/C40H48N4O15/c1-18-13-19(14-22-36(18)59-37-38(56-3)57-12-11-44(22)37)58-24-16-40(54,39(53)42-10-9-41-26(46)17-43-25(45)7-8-27(47)48)15-21-29(24)35(52)31-30(33(21)50)32(49)20-5-4-6-23(55-2)28(20)34(31)51/h4-6,18-19,22,24,36-38,50,52,54H,7-17H2,1-3H3,(H,41,46)(H,42,53)(H,43,45)(H,47,48)/t18-,19-,22+,24+,36-,37-,38+,40+/m1/s1/i7T/t7?,18-,19-,22+,24+,36-,37-,38+,40+. The van der Waals surface area contributed by atoms with E-state index >= 15 is 0 Å². The van der Waals surface area contributed by atoms with Gasteiger partial charge in [-0.2, -0.15) is 0 Å². The number of amides is 3. The zero-order valence-electron chi connectivity index (χ0n) is 33.6. The number of aromatic hydroxyl groups is 2. The maximum absolute atomic E-state index is 14.1. The molecule has 5 aliphatic rings. The van der Waals surface area contributed by atoms with Gasteiger partial charge >= 0.3 is 5.97 Å². The second-order valence-corrected chi connectivity index (χ2v) is 15.4. The molecule has 19 heteroatoms. The predicted molar refractivity (Wildman–Crippen MR) is 201 cm³/mol. The molecule has 0 radical (unpaired) electrons. The van der Waals surface area contributed by atoms with Gasteiger partial charge in [-0.1, -0.05) is 19.1 Å². The lowest BCUT2D eigenvalue weighted by Gasteiger charge is -2.43. The summed E-state index contributed by atoms with van der Waals surface area (Å²) in [5.41, 5.74) is -3.60. The monoisotopic (exact) mass is 826 g/mol. The van der Waals surface area contributed by atoms with Gasteiger partial charge in [0, 0.05) is 70.1 Å². The first kappa shape index (κ1) is 40.6. The summed E-state index contributed by atoms with van der Waals surface area (Å²) >= 11 is 0. The maximum Gasteiger partial charge on any atom is 0.303 e. The number of ketones is 2. The summed E-state index contributed by atoms with van der Waals surface area (Å²) < 4.78 is 37.4. The molecule has 2 heterocycles. The number of hydrogen-bond acceptors (Lipinski definition) is 15. The number of aliphatic hydroxyl groups is 1.